The standard InChI is InChI=1S/C15H22N2O/c1-12-6-7-15(13(9-12)11-18)17-8-4-5-14(10-17)16(2)3/h6-7,9,11,14H,4-5,8,10H2,1-3H3. The number of rotatable bonds is 3. The summed E-state index contributed by atoms with van der Waals surface area (Å²) in [4.78, 5) is 15.8. The van der Waals surface area contributed by atoms with Crippen molar-refractivity contribution in [1.82, 2.24) is 4.90 Å². The Bertz CT molecular complexity index is 429. The van der Waals surface area contributed by atoms with Gasteiger partial charge in [0.25, 0.3) is 0 Å². The van der Waals surface area contributed by atoms with Gasteiger partial charge in [0.1, 0.15) is 0 Å². The quantitative estimate of drug-likeness (QED) is 0.765. The minimum atomic E-state index is 0.583. The van der Waals surface area contributed by atoms with Gasteiger partial charge in [-0.05, 0) is 46.0 Å². The fraction of sp³-hybridized carbons (Fsp3) is 0.533. The maximum atomic E-state index is 11.2. The van der Waals surface area contributed by atoms with E-state index in [9.17, 15) is 4.79 Å². The molecule has 1 heterocycles. The highest BCUT2D eigenvalue weighted by molar-refractivity contribution is 5.85. The average Bonchev–Trinajstić information content (AvgIpc) is 2.38. The van der Waals surface area contributed by atoms with Crippen molar-refractivity contribution in [2.24, 2.45) is 0 Å². The SMILES string of the molecule is Cc1ccc(N2CCCC(N(C)C)C2)c(C=O)c1. The van der Waals surface area contributed by atoms with E-state index in [1.165, 1.54) is 12.8 Å². The number of likely N-dealkylation sites (N-methyl/N-ethyl adjacent to an activating group) is 1. The first-order valence-corrected chi connectivity index (χ1v) is 6.59. The molecular formula is C15H22N2O. The number of benzene rings is 1. The van der Waals surface area contributed by atoms with Crippen LogP contribution in [0.15, 0.2) is 18.2 Å². The molecule has 0 N–H and O–H groups in total. The molecule has 18 heavy (non-hydrogen) atoms. The van der Waals surface area contributed by atoms with Gasteiger partial charge in [-0.15, -0.1) is 0 Å². The highest BCUT2D eigenvalue weighted by atomic mass is 16.1. The van der Waals surface area contributed by atoms with E-state index in [2.05, 4.69) is 36.0 Å². The summed E-state index contributed by atoms with van der Waals surface area (Å²) in [6, 6.07) is 6.72. The normalized spacial score (nSPS) is 20.2. The van der Waals surface area contributed by atoms with Gasteiger partial charge in [-0.3, -0.25) is 4.79 Å². The second-order valence-corrected chi connectivity index (χ2v) is 5.39. The smallest absolute Gasteiger partial charge is 0.152 e. The van der Waals surface area contributed by atoms with Gasteiger partial charge in [0.15, 0.2) is 6.29 Å². The van der Waals surface area contributed by atoms with Crippen LogP contribution in [0.1, 0.15) is 28.8 Å². The van der Waals surface area contributed by atoms with Crippen molar-refractivity contribution >= 4 is 12.0 Å². The van der Waals surface area contributed by atoms with Crippen LogP contribution in [0.4, 0.5) is 5.69 Å². The maximum absolute atomic E-state index is 11.2. The monoisotopic (exact) mass is 246 g/mol. The molecule has 1 atom stereocenters. The first-order chi connectivity index (χ1) is 8.61. The molecule has 1 saturated heterocycles. The number of carbonyl (C=O) groups excluding carboxylic acids is 1. The van der Waals surface area contributed by atoms with E-state index in [1.807, 2.05) is 13.0 Å². The summed E-state index contributed by atoms with van der Waals surface area (Å²) >= 11 is 0. The summed E-state index contributed by atoms with van der Waals surface area (Å²) in [5, 5.41) is 0. The van der Waals surface area contributed by atoms with Crippen molar-refractivity contribution in [3.05, 3.63) is 29.3 Å². The summed E-state index contributed by atoms with van der Waals surface area (Å²) in [5.41, 5.74) is 3.04. The molecule has 98 valence electrons. The number of nitrogens with zero attached hydrogens (tertiary/aromatic N) is 2. The number of anilines is 1. The van der Waals surface area contributed by atoms with E-state index >= 15 is 0 Å². The Balaban J connectivity index is 2.23. The lowest BCUT2D eigenvalue weighted by Gasteiger charge is -2.38. The number of hydrogen-bond acceptors (Lipinski definition) is 3. The van der Waals surface area contributed by atoms with Crippen molar-refractivity contribution < 1.29 is 4.79 Å². The molecular weight excluding hydrogens is 224 g/mol. The summed E-state index contributed by atoms with van der Waals surface area (Å²) < 4.78 is 0. The third-order valence-electron chi connectivity index (χ3n) is 3.78. The maximum Gasteiger partial charge on any atom is 0.152 e. The van der Waals surface area contributed by atoms with E-state index in [0.717, 1.165) is 36.2 Å². The van der Waals surface area contributed by atoms with E-state index < -0.39 is 0 Å². The fourth-order valence-corrected chi connectivity index (χ4v) is 2.65. The number of carbonyl (C=O) groups is 1. The highest BCUT2D eigenvalue weighted by Crippen LogP contribution is 2.25. The fourth-order valence-electron chi connectivity index (χ4n) is 2.65. The number of piperidine rings is 1. The first-order valence-electron chi connectivity index (χ1n) is 6.59. The Hall–Kier alpha value is -1.35. The van der Waals surface area contributed by atoms with Crippen molar-refractivity contribution in [3.8, 4) is 0 Å². The molecule has 0 aliphatic carbocycles. The lowest BCUT2D eigenvalue weighted by Crippen LogP contribution is -2.45. The molecule has 0 saturated carbocycles. The van der Waals surface area contributed by atoms with Crippen molar-refractivity contribution in [2.45, 2.75) is 25.8 Å². The highest BCUT2D eigenvalue weighted by Gasteiger charge is 2.22. The van der Waals surface area contributed by atoms with Crippen LogP contribution in [0.25, 0.3) is 0 Å². The number of aldehydes is 1. The van der Waals surface area contributed by atoms with Crippen LogP contribution in [0, 0.1) is 6.92 Å². The topological polar surface area (TPSA) is 23.6 Å². The molecule has 1 aromatic carbocycles. The van der Waals surface area contributed by atoms with Gasteiger partial charge >= 0.3 is 0 Å². The molecule has 0 radical (unpaired) electrons. The van der Waals surface area contributed by atoms with Gasteiger partial charge < -0.3 is 9.80 Å². The van der Waals surface area contributed by atoms with Crippen LogP contribution in [0.5, 0.6) is 0 Å². The van der Waals surface area contributed by atoms with E-state index in [4.69, 9.17) is 0 Å². The Morgan fingerprint density at radius 3 is 2.83 bits per heavy atom. The molecule has 0 bridgehead atoms. The lowest BCUT2D eigenvalue weighted by molar-refractivity contribution is 0.112. The second kappa shape index (κ2) is 5.53. The largest absolute Gasteiger partial charge is 0.369 e. The molecule has 0 aromatic heterocycles. The lowest BCUT2D eigenvalue weighted by atomic mass is 10.0. The van der Waals surface area contributed by atoms with E-state index in [1.54, 1.807) is 0 Å². The predicted molar refractivity (Wildman–Crippen MR) is 75.5 cm³/mol. The Labute approximate surface area is 109 Å². The summed E-state index contributed by atoms with van der Waals surface area (Å²) in [5.74, 6) is 0. The van der Waals surface area contributed by atoms with Crippen molar-refractivity contribution in [3.63, 3.8) is 0 Å². The molecule has 1 aliphatic heterocycles. The minimum Gasteiger partial charge on any atom is -0.369 e. The number of hydrogen-bond donors (Lipinski definition) is 0. The van der Waals surface area contributed by atoms with Gasteiger partial charge in [0, 0.05) is 30.4 Å². The van der Waals surface area contributed by atoms with Crippen molar-refractivity contribution in [1.29, 1.82) is 0 Å². The van der Waals surface area contributed by atoms with Crippen LogP contribution in [0.3, 0.4) is 0 Å². The van der Waals surface area contributed by atoms with Crippen LogP contribution < -0.4 is 4.90 Å². The third-order valence-corrected chi connectivity index (χ3v) is 3.78. The molecule has 3 heteroatoms. The van der Waals surface area contributed by atoms with Gasteiger partial charge in [-0.2, -0.15) is 0 Å². The third kappa shape index (κ3) is 2.72. The zero-order valence-corrected chi connectivity index (χ0v) is 11.5. The van der Waals surface area contributed by atoms with Gasteiger partial charge in [-0.1, -0.05) is 11.6 Å². The predicted octanol–water partition coefficient (Wildman–Crippen LogP) is 2.34. The van der Waals surface area contributed by atoms with Crippen LogP contribution in [-0.4, -0.2) is 44.4 Å². The van der Waals surface area contributed by atoms with Crippen LogP contribution in [-0.2, 0) is 0 Å². The second-order valence-electron chi connectivity index (χ2n) is 5.39. The van der Waals surface area contributed by atoms with Crippen LogP contribution >= 0.6 is 0 Å². The summed E-state index contributed by atoms with van der Waals surface area (Å²) in [6.07, 6.45) is 3.41. The molecule has 3 nitrogen and oxygen atoms in total. The van der Waals surface area contributed by atoms with Gasteiger partial charge in [0.2, 0.25) is 0 Å². The average molecular weight is 246 g/mol. The molecule has 2 rings (SSSR count). The molecule has 1 fully saturated rings. The summed E-state index contributed by atoms with van der Waals surface area (Å²) in [6.45, 7) is 4.08. The molecule has 0 amide bonds. The van der Waals surface area contributed by atoms with Gasteiger partial charge in [-0.25, -0.2) is 0 Å². The molecule has 1 unspecified atom stereocenters. The Morgan fingerprint density at radius 1 is 1.39 bits per heavy atom. The van der Waals surface area contributed by atoms with Gasteiger partial charge in [0.05, 0.1) is 0 Å². The molecule has 1 aromatic rings. The molecule has 0 spiro atoms. The number of aryl methyl sites for hydroxylation is 1. The van der Waals surface area contributed by atoms with E-state index in [0.29, 0.717) is 6.04 Å². The zero-order valence-electron chi connectivity index (χ0n) is 11.5. The Kier molecular flexibility index (Phi) is 4.02. The Morgan fingerprint density at radius 2 is 2.17 bits per heavy atom. The first kappa shape index (κ1) is 13.1. The molecule has 1 aliphatic rings. The zero-order chi connectivity index (χ0) is 13.1. The van der Waals surface area contributed by atoms with Crippen molar-refractivity contribution in [2.75, 3.05) is 32.1 Å². The minimum absolute atomic E-state index is 0.583. The summed E-state index contributed by atoms with van der Waals surface area (Å²) in [7, 11) is 4.26. The van der Waals surface area contributed by atoms with E-state index in [-0.39, 0.29) is 0 Å². The van der Waals surface area contributed by atoms with Crippen LogP contribution in [0.2, 0.25) is 0 Å².